The van der Waals surface area contributed by atoms with E-state index in [4.69, 9.17) is 14.2 Å². The molecule has 0 aliphatic carbocycles. The second kappa shape index (κ2) is 8.34. The van der Waals surface area contributed by atoms with Gasteiger partial charge in [-0.05, 0) is 39.2 Å². The van der Waals surface area contributed by atoms with Gasteiger partial charge in [-0.15, -0.1) is 0 Å². The van der Waals surface area contributed by atoms with Crippen LogP contribution in [0.4, 0.5) is 4.79 Å². The summed E-state index contributed by atoms with van der Waals surface area (Å²) in [6.07, 6.45) is 0.489. The van der Waals surface area contributed by atoms with Gasteiger partial charge in [-0.2, -0.15) is 0 Å². The van der Waals surface area contributed by atoms with Crippen LogP contribution >= 0.6 is 0 Å². The van der Waals surface area contributed by atoms with Crippen LogP contribution in [0.25, 0.3) is 0 Å². The highest BCUT2D eigenvalue weighted by atomic mass is 16.6. The standard InChI is InChI=1S/C19H27NO5/c1-19(2,3)25-18(22)20-12-8-11-15(16(20)17(21)23-4)24-13-14-9-6-5-7-10-14/h5-7,9-10,15-16H,8,11-13H2,1-4H3/t15-,16+/m0/s1. The van der Waals surface area contributed by atoms with Crippen molar-refractivity contribution in [2.75, 3.05) is 13.7 Å². The predicted molar refractivity (Wildman–Crippen MR) is 93.0 cm³/mol. The van der Waals surface area contributed by atoms with Gasteiger partial charge in [-0.3, -0.25) is 4.90 Å². The molecule has 0 spiro atoms. The second-order valence-corrected chi connectivity index (χ2v) is 7.12. The Bertz CT molecular complexity index is 581. The van der Waals surface area contributed by atoms with Crippen molar-refractivity contribution in [1.29, 1.82) is 0 Å². The molecule has 0 N–H and O–H groups in total. The lowest BCUT2D eigenvalue weighted by Crippen LogP contribution is -2.57. The molecule has 1 aromatic rings. The molecule has 0 bridgehead atoms. The molecule has 0 unspecified atom stereocenters. The number of amides is 1. The van der Waals surface area contributed by atoms with Crippen molar-refractivity contribution < 1.29 is 23.8 Å². The Labute approximate surface area is 149 Å². The minimum Gasteiger partial charge on any atom is -0.467 e. The van der Waals surface area contributed by atoms with Gasteiger partial charge in [0.15, 0.2) is 6.04 Å². The van der Waals surface area contributed by atoms with Gasteiger partial charge < -0.3 is 14.2 Å². The number of likely N-dealkylation sites (tertiary alicyclic amines) is 1. The maximum atomic E-state index is 12.5. The first-order chi connectivity index (χ1) is 11.8. The summed E-state index contributed by atoms with van der Waals surface area (Å²) in [5.41, 5.74) is 0.385. The molecule has 2 rings (SSSR count). The number of methoxy groups -OCH3 is 1. The normalized spacial score (nSPS) is 20.9. The van der Waals surface area contributed by atoms with Crippen LogP contribution in [0.1, 0.15) is 39.2 Å². The van der Waals surface area contributed by atoms with E-state index in [0.717, 1.165) is 12.0 Å². The fraction of sp³-hybridized carbons (Fsp3) is 0.579. The monoisotopic (exact) mass is 349 g/mol. The number of ether oxygens (including phenoxy) is 3. The predicted octanol–water partition coefficient (Wildman–Crippen LogP) is 3.14. The number of piperidine rings is 1. The van der Waals surface area contributed by atoms with Crippen LogP contribution in [0.3, 0.4) is 0 Å². The van der Waals surface area contributed by atoms with Crippen molar-refractivity contribution in [2.45, 2.75) is 58.0 Å². The van der Waals surface area contributed by atoms with E-state index in [0.29, 0.717) is 19.6 Å². The Morgan fingerprint density at radius 3 is 2.48 bits per heavy atom. The van der Waals surface area contributed by atoms with Crippen molar-refractivity contribution >= 4 is 12.1 Å². The molecule has 1 aromatic carbocycles. The fourth-order valence-corrected chi connectivity index (χ4v) is 2.84. The lowest BCUT2D eigenvalue weighted by Gasteiger charge is -2.39. The summed E-state index contributed by atoms with van der Waals surface area (Å²) in [7, 11) is 1.32. The van der Waals surface area contributed by atoms with Crippen molar-refractivity contribution in [3.8, 4) is 0 Å². The molecule has 6 nitrogen and oxygen atoms in total. The Morgan fingerprint density at radius 1 is 1.20 bits per heavy atom. The van der Waals surface area contributed by atoms with Crippen molar-refractivity contribution in [3.05, 3.63) is 35.9 Å². The third-order valence-electron chi connectivity index (χ3n) is 3.95. The van der Waals surface area contributed by atoms with Crippen molar-refractivity contribution in [2.24, 2.45) is 0 Å². The summed E-state index contributed by atoms with van der Waals surface area (Å²) in [6, 6.07) is 8.93. The number of hydrogen-bond acceptors (Lipinski definition) is 5. The Morgan fingerprint density at radius 2 is 1.88 bits per heavy atom. The molecular weight excluding hydrogens is 322 g/mol. The summed E-state index contributed by atoms with van der Waals surface area (Å²) < 4.78 is 16.3. The largest absolute Gasteiger partial charge is 0.467 e. The van der Waals surface area contributed by atoms with Gasteiger partial charge in [0.1, 0.15) is 5.60 Å². The quantitative estimate of drug-likeness (QED) is 0.781. The van der Waals surface area contributed by atoms with Gasteiger partial charge in [-0.25, -0.2) is 9.59 Å². The molecule has 1 fully saturated rings. The molecule has 0 radical (unpaired) electrons. The highest BCUT2D eigenvalue weighted by molar-refractivity contribution is 5.82. The zero-order chi connectivity index (χ0) is 18.4. The number of esters is 1. The topological polar surface area (TPSA) is 65.1 Å². The molecular formula is C19H27NO5. The van der Waals surface area contributed by atoms with Gasteiger partial charge in [0.2, 0.25) is 0 Å². The Hall–Kier alpha value is -2.08. The molecule has 6 heteroatoms. The molecule has 1 aliphatic heterocycles. The first-order valence-electron chi connectivity index (χ1n) is 8.55. The zero-order valence-corrected chi connectivity index (χ0v) is 15.4. The van der Waals surface area contributed by atoms with Gasteiger partial charge in [0.25, 0.3) is 0 Å². The number of carbonyl (C=O) groups excluding carboxylic acids is 2. The third kappa shape index (κ3) is 5.46. The van der Waals surface area contributed by atoms with Crippen LogP contribution in [-0.2, 0) is 25.6 Å². The average molecular weight is 349 g/mol. The van der Waals surface area contributed by atoms with Gasteiger partial charge >= 0.3 is 12.1 Å². The maximum Gasteiger partial charge on any atom is 0.411 e. The number of hydrogen-bond donors (Lipinski definition) is 0. The van der Waals surface area contributed by atoms with Crippen LogP contribution in [0, 0.1) is 0 Å². The molecule has 1 saturated heterocycles. The van der Waals surface area contributed by atoms with Crippen molar-refractivity contribution in [3.63, 3.8) is 0 Å². The summed E-state index contributed by atoms with van der Waals surface area (Å²) in [4.78, 5) is 26.2. The number of benzene rings is 1. The van der Waals surface area contributed by atoms with Crippen molar-refractivity contribution in [1.82, 2.24) is 4.90 Å². The van der Waals surface area contributed by atoms with E-state index in [2.05, 4.69) is 0 Å². The van der Waals surface area contributed by atoms with Gasteiger partial charge in [0.05, 0.1) is 19.8 Å². The first kappa shape index (κ1) is 19.2. The molecule has 1 aliphatic rings. The summed E-state index contributed by atoms with van der Waals surface area (Å²) in [5.74, 6) is -0.483. The summed E-state index contributed by atoms with van der Waals surface area (Å²) >= 11 is 0. The van der Waals surface area contributed by atoms with Gasteiger partial charge in [0, 0.05) is 6.54 Å². The average Bonchev–Trinajstić information content (AvgIpc) is 2.58. The Balaban J connectivity index is 2.11. The minimum absolute atomic E-state index is 0.376. The number of nitrogens with zero attached hydrogens (tertiary/aromatic N) is 1. The SMILES string of the molecule is COC(=O)[C@H]1[C@@H](OCc2ccccc2)CCCN1C(=O)OC(C)(C)C. The number of carbonyl (C=O) groups is 2. The van der Waals surface area contributed by atoms with Crippen LogP contribution in [0.15, 0.2) is 30.3 Å². The molecule has 1 amide bonds. The van der Waals surface area contributed by atoms with Gasteiger partial charge in [-0.1, -0.05) is 30.3 Å². The summed E-state index contributed by atoms with van der Waals surface area (Å²) in [6.45, 7) is 6.21. The van der Waals surface area contributed by atoms with E-state index in [1.54, 1.807) is 20.8 Å². The number of rotatable bonds is 4. The zero-order valence-electron chi connectivity index (χ0n) is 15.4. The summed E-state index contributed by atoms with van der Waals surface area (Å²) in [5, 5.41) is 0. The molecule has 25 heavy (non-hydrogen) atoms. The lowest BCUT2D eigenvalue weighted by atomic mass is 9.99. The van der Waals surface area contributed by atoms with Crippen LogP contribution in [0.2, 0.25) is 0 Å². The molecule has 1 heterocycles. The molecule has 0 saturated carbocycles. The van der Waals surface area contributed by atoms with Crippen LogP contribution in [0.5, 0.6) is 0 Å². The Kier molecular flexibility index (Phi) is 6.42. The van der Waals surface area contributed by atoms with E-state index in [1.807, 2.05) is 30.3 Å². The third-order valence-corrected chi connectivity index (χ3v) is 3.95. The maximum absolute atomic E-state index is 12.5. The smallest absolute Gasteiger partial charge is 0.411 e. The van der Waals surface area contributed by atoms with E-state index in [-0.39, 0.29) is 0 Å². The van der Waals surface area contributed by atoms with E-state index in [9.17, 15) is 9.59 Å². The highest BCUT2D eigenvalue weighted by Gasteiger charge is 2.42. The van der Waals surface area contributed by atoms with E-state index in [1.165, 1.54) is 12.0 Å². The minimum atomic E-state index is -0.794. The van der Waals surface area contributed by atoms with Crippen LogP contribution < -0.4 is 0 Å². The molecule has 0 aromatic heterocycles. The van der Waals surface area contributed by atoms with Crippen LogP contribution in [-0.4, -0.2) is 48.4 Å². The van der Waals surface area contributed by atoms with E-state index < -0.39 is 29.8 Å². The molecule has 138 valence electrons. The first-order valence-corrected chi connectivity index (χ1v) is 8.55. The lowest BCUT2D eigenvalue weighted by molar-refractivity contribution is -0.157. The highest BCUT2D eigenvalue weighted by Crippen LogP contribution is 2.25. The molecule has 2 atom stereocenters. The second-order valence-electron chi connectivity index (χ2n) is 7.12. The van der Waals surface area contributed by atoms with E-state index >= 15 is 0 Å². The fourth-order valence-electron chi connectivity index (χ4n) is 2.84.